The molecule has 2 saturated heterocycles. The van der Waals surface area contributed by atoms with Crippen molar-refractivity contribution in [1.29, 1.82) is 0 Å². The Morgan fingerprint density at radius 3 is 3.09 bits per heavy atom. The average Bonchev–Trinajstić information content (AvgIpc) is 2.70. The first kappa shape index (κ1) is 7.37. The summed E-state index contributed by atoms with van der Waals surface area (Å²) in [5.74, 6) is 0.631. The molecule has 62 valence electrons. The number of hydrogen-bond donors (Lipinski definition) is 1. The molecule has 11 heavy (non-hydrogen) atoms. The van der Waals surface area contributed by atoms with Crippen molar-refractivity contribution in [1.82, 2.24) is 5.32 Å². The van der Waals surface area contributed by atoms with Crippen molar-refractivity contribution in [3.63, 3.8) is 0 Å². The number of halogens is 1. The number of ether oxygens (including phenoxy) is 1. The zero-order valence-electron chi connectivity index (χ0n) is 6.10. The Morgan fingerprint density at radius 2 is 2.55 bits per heavy atom. The van der Waals surface area contributed by atoms with Gasteiger partial charge >= 0.3 is 0 Å². The second kappa shape index (κ2) is 2.35. The third kappa shape index (κ3) is 1.03. The molecule has 0 radical (unpaired) electrons. The molecule has 4 heteroatoms. The standard InChI is InChI=1S/C7H10ClNO2/c8-2-1-5-6(10)9-3-7(5)4-11-7/h5H,1-4H2,(H,9,10)/t5-,7-/m0/s1. The van der Waals surface area contributed by atoms with Gasteiger partial charge in [-0.2, -0.15) is 0 Å². The second-order valence-electron chi connectivity index (χ2n) is 3.10. The van der Waals surface area contributed by atoms with Crippen LogP contribution in [0.15, 0.2) is 0 Å². The maximum absolute atomic E-state index is 11.2. The molecule has 2 aliphatic heterocycles. The fourth-order valence-corrected chi connectivity index (χ4v) is 1.84. The lowest BCUT2D eigenvalue weighted by Crippen LogP contribution is -2.24. The van der Waals surface area contributed by atoms with Gasteiger partial charge in [0.15, 0.2) is 0 Å². The van der Waals surface area contributed by atoms with E-state index in [9.17, 15) is 4.79 Å². The quantitative estimate of drug-likeness (QED) is 0.479. The number of nitrogens with one attached hydrogen (secondary N) is 1. The number of epoxide rings is 1. The van der Waals surface area contributed by atoms with Crippen molar-refractivity contribution in [2.45, 2.75) is 12.0 Å². The van der Waals surface area contributed by atoms with Gasteiger partial charge in [0.2, 0.25) is 5.91 Å². The third-order valence-electron chi connectivity index (χ3n) is 2.43. The summed E-state index contributed by atoms with van der Waals surface area (Å²) in [6, 6.07) is 0. The summed E-state index contributed by atoms with van der Waals surface area (Å²) in [7, 11) is 0. The lowest BCUT2D eigenvalue weighted by Gasteiger charge is -2.08. The van der Waals surface area contributed by atoms with Crippen LogP contribution in [0, 0.1) is 5.92 Å². The minimum atomic E-state index is -0.161. The summed E-state index contributed by atoms with van der Waals surface area (Å²) < 4.78 is 5.25. The Hall–Kier alpha value is -0.280. The first-order chi connectivity index (χ1) is 5.28. The van der Waals surface area contributed by atoms with Crippen molar-refractivity contribution >= 4 is 17.5 Å². The molecule has 0 bridgehead atoms. The Morgan fingerprint density at radius 1 is 1.82 bits per heavy atom. The summed E-state index contributed by atoms with van der Waals surface area (Å²) in [5, 5.41) is 2.78. The normalized spacial score (nSPS) is 41.2. The fourth-order valence-electron chi connectivity index (χ4n) is 1.62. The number of alkyl halides is 1. The summed E-state index contributed by atoms with van der Waals surface area (Å²) in [4.78, 5) is 11.2. The van der Waals surface area contributed by atoms with Gasteiger partial charge in [-0.05, 0) is 6.42 Å². The van der Waals surface area contributed by atoms with Crippen LogP contribution < -0.4 is 5.32 Å². The van der Waals surface area contributed by atoms with E-state index < -0.39 is 0 Å². The average molecular weight is 176 g/mol. The smallest absolute Gasteiger partial charge is 0.226 e. The van der Waals surface area contributed by atoms with Crippen LogP contribution in [0.5, 0.6) is 0 Å². The molecule has 0 aromatic carbocycles. The summed E-state index contributed by atoms with van der Waals surface area (Å²) in [6.07, 6.45) is 0.730. The molecule has 0 saturated carbocycles. The van der Waals surface area contributed by atoms with E-state index >= 15 is 0 Å². The predicted molar refractivity (Wildman–Crippen MR) is 40.5 cm³/mol. The predicted octanol–water partition coefficient (Wildman–Crippen LogP) is 0.130. The number of amides is 1. The summed E-state index contributed by atoms with van der Waals surface area (Å²) in [5.41, 5.74) is -0.161. The van der Waals surface area contributed by atoms with E-state index in [1.807, 2.05) is 0 Å². The maximum Gasteiger partial charge on any atom is 0.226 e. The molecule has 3 nitrogen and oxygen atoms in total. The molecule has 0 aliphatic carbocycles. The van der Waals surface area contributed by atoms with Crippen LogP contribution in [0.4, 0.5) is 0 Å². The lowest BCUT2D eigenvalue weighted by molar-refractivity contribution is -0.123. The van der Waals surface area contributed by atoms with E-state index in [2.05, 4.69) is 5.32 Å². The Kier molecular flexibility index (Phi) is 1.58. The molecule has 2 rings (SSSR count). The van der Waals surface area contributed by atoms with Crippen molar-refractivity contribution in [2.24, 2.45) is 5.92 Å². The zero-order valence-corrected chi connectivity index (χ0v) is 6.86. The van der Waals surface area contributed by atoms with Crippen LogP contribution in [0.1, 0.15) is 6.42 Å². The summed E-state index contributed by atoms with van der Waals surface area (Å²) >= 11 is 5.57. The SMILES string of the molecule is O=C1NC[C@]2(CO2)[C@H]1CCCl. The van der Waals surface area contributed by atoms with Crippen LogP contribution in [-0.4, -0.2) is 30.5 Å². The second-order valence-corrected chi connectivity index (χ2v) is 3.48. The number of carbonyl (C=O) groups excluding carboxylic acids is 1. The molecule has 0 unspecified atom stereocenters. The highest BCUT2D eigenvalue weighted by Crippen LogP contribution is 2.40. The molecule has 0 aromatic heterocycles. The molecular weight excluding hydrogens is 166 g/mol. The van der Waals surface area contributed by atoms with Crippen molar-refractivity contribution in [3.8, 4) is 0 Å². The minimum absolute atomic E-state index is 0.000000000000000444. The highest BCUT2D eigenvalue weighted by Gasteiger charge is 2.58. The van der Waals surface area contributed by atoms with Crippen molar-refractivity contribution in [3.05, 3.63) is 0 Å². The van der Waals surface area contributed by atoms with Gasteiger partial charge in [0.05, 0.1) is 12.5 Å². The van der Waals surface area contributed by atoms with Gasteiger partial charge in [0, 0.05) is 12.4 Å². The maximum atomic E-state index is 11.2. The van der Waals surface area contributed by atoms with Crippen LogP contribution in [0.3, 0.4) is 0 Å². The first-order valence-electron chi connectivity index (χ1n) is 3.76. The third-order valence-corrected chi connectivity index (χ3v) is 2.64. The van der Waals surface area contributed by atoms with Crippen LogP contribution in [-0.2, 0) is 9.53 Å². The van der Waals surface area contributed by atoms with Crippen LogP contribution in [0.2, 0.25) is 0 Å². The molecule has 2 aliphatic rings. The monoisotopic (exact) mass is 175 g/mol. The highest BCUT2D eigenvalue weighted by molar-refractivity contribution is 6.18. The van der Waals surface area contributed by atoms with Gasteiger partial charge in [-0.3, -0.25) is 4.79 Å². The van der Waals surface area contributed by atoms with Crippen LogP contribution >= 0.6 is 11.6 Å². The summed E-state index contributed by atoms with van der Waals surface area (Å²) in [6.45, 7) is 1.39. The zero-order chi connectivity index (χ0) is 7.90. The molecule has 1 spiro atoms. The topological polar surface area (TPSA) is 41.6 Å². The molecule has 2 atom stereocenters. The van der Waals surface area contributed by atoms with E-state index in [0.717, 1.165) is 6.42 Å². The van der Waals surface area contributed by atoms with Gasteiger partial charge in [-0.25, -0.2) is 0 Å². The minimum Gasteiger partial charge on any atom is -0.367 e. The van der Waals surface area contributed by atoms with Crippen molar-refractivity contribution < 1.29 is 9.53 Å². The van der Waals surface area contributed by atoms with Gasteiger partial charge in [-0.15, -0.1) is 11.6 Å². The van der Waals surface area contributed by atoms with Gasteiger partial charge in [-0.1, -0.05) is 0 Å². The number of rotatable bonds is 2. The van der Waals surface area contributed by atoms with E-state index in [4.69, 9.17) is 16.3 Å². The molecule has 2 fully saturated rings. The van der Waals surface area contributed by atoms with E-state index in [1.54, 1.807) is 0 Å². The van der Waals surface area contributed by atoms with Gasteiger partial charge in [0.1, 0.15) is 5.60 Å². The highest BCUT2D eigenvalue weighted by atomic mass is 35.5. The molecular formula is C7H10ClNO2. The van der Waals surface area contributed by atoms with Crippen LogP contribution in [0.25, 0.3) is 0 Å². The van der Waals surface area contributed by atoms with E-state index in [0.29, 0.717) is 19.0 Å². The van der Waals surface area contributed by atoms with E-state index in [1.165, 1.54) is 0 Å². The Bertz CT molecular complexity index is 191. The molecule has 1 amide bonds. The first-order valence-corrected chi connectivity index (χ1v) is 4.29. The lowest BCUT2D eigenvalue weighted by atomic mass is 9.94. The molecule has 2 heterocycles. The Labute approximate surface area is 70.0 Å². The molecule has 0 aromatic rings. The Balaban J connectivity index is 2.07. The van der Waals surface area contributed by atoms with Gasteiger partial charge in [0.25, 0.3) is 0 Å². The van der Waals surface area contributed by atoms with E-state index in [-0.39, 0.29) is 17.4 Å². The van der Waals surface area contributed by atoms with Crippen molar-refractivity contribution in [2.75, 3.05) is 19.0 Å². The molecule has 1 N–H and O–H groups in total. The number of hydrogen-bond acceptors (Lipinski definition) is 2. The number of carbonyl (C=O) groups is 1. The van der Waals surface area contributed by atoms with Gasteiger partial charge < -0.3 is 10.1 Å². The largest absolute Gasteiger partial charge is 0.367 e. The fraction of sp³-hybridized carbons (Fsp3) is 0.857.